The topological polar surface area (TPSA) is 83.9 Å². The third-order valence-corrected chi connectivity index (χ3v) is 5.81. The van der Waals surface area contributed by atoms with E-state index >= 15 is 0 Å². The van der Waals surface area contributed by atoms with Gasteiger partial charge >= 0.3 is 5.97 Å². The van der Waals surface area contributed by atoms with Crippen molar-refractivity contribution in [3.8, 4) is 5.75 Å². The molecular formula is C15H13BrClNO5S. The predicted octanol–water partition coefficient (Wildman–Crippen LogP) is 3.39. The highest BCUT2D eigenvalue weighted by atomic mass is 79.9. The molecule has 2 aromatic carbocycles. The van der Waals surface area contributed by atoms with Crippen LogP contribution in [0.25, 0.3) is 0 Å². The maximum absolute atomic E-state index is 12.9. The van der Waals surface area contributed by atoms with Gasteiger partial charge in [0, 0.05) is 0 Å². The number of carbonyl (C=O) groups is 1. The summed E-state index contributed by atoms with van der Waals surface area (Å²) in [6.45, 7) is -0.754. The molecule has 0 atom stereocenters. The molecule has 1 N–H and O–H groups in total. The van der Waals surface area contributed by atoms with E-state index in [4.69, 9.17) is 21.4 Å². The van der Waals surface area contributed by atoms with Gasteiger partial charge in [-0.1, -0.05) is 23.7 Å². The molecule has 0 saturated heterocycles. The third-order valence-electron chi connectivity index (χ3n) is 3.11. The van der Waals surface area contributed by atoms with Crippen LogP contribution in [-0.4, -0.2) is 33.1 Å². The molecule has 0 heterocycles. The first-order valence-corrected chi connectivity index (χ1v) is 9.21. The summed E-state index contributed by atoms with van der Waals surface area (Å²) in [5, 5.41) is 9.24. The largest absolute Gasteiger partial charge is 0.496 e. The second kappa shape index (κ2) is 7.42. The number of aliphatic carboxylic acids is 1. The van der Waals surface area contributed by atoms with E-state index in [9.17, 15) is 13.2 Å². The third kappa shape index (κ3) is 3.82. The van der Waals surface area contributed by atoms with Gasteiger partial charge in [0.15, 0.2) is 0 Å². The van der Waals surface area contributed by atoms with E-state index < -0.39 is 22.5 Å². The lowest BCUT2D eigenvalue weighted by atomic mass is 10.3. The zero-order valence-corrected chi connectivity index (χ0v) is 15.6. The Morgan fingerprint density at radius 1 is 1.29 bits per heavy atom. The predicted molar refractivity (Wildman–Crippen MR) is 94.3 cm³/mol. The van der Waals surface area contributed by atoms with Gasteiger partial charge in [0.25, 0.3) is 10.0 Å². The molecular weight excluding hydrogens is 422 g/mol. The van der Waals surface area contributed by atoms with E-state index in [0.29, 0.717) is 10.2 Å². The second-order valence-electron chi connectivity index (χ2n) is 4.65. The average Bonchev–Trinajstić information content (AvgIpc) is 2.53. The van der Waals surface area contributed by atoms with Gasteiger partial charge in [0.05, 0.1) is 27.2 Å². The van der Waals surface area contributed by atoms with Crippen LogP contribution in [0.5, 0.6) is 5.75 Å². The van der Waals surface area contributed by atoms with E-state index in [1.165, 1.54) is 37.4 Å². The van der Waals surface area contributed by atoms with Crippen LogP contribution in [0, 0.1) is 0 Å². The van der Waals surface area contributed by atoms with Crippen molar-refractivity contribution < 1.29 is 23.1 Å². The molecule has 0 aliphatic rings. The number of benzene rings is 2. The van der Waals surface area contributed by atoms with Crippen LogP contribution >= 0.6 is 27.5 Å². The average molecular weight is 435 g/mol. The highest BCUT2D eigenvalue weighted by Crippen LogP contribution is 2.33. The Morgan fingerprint density at radius 2 is 1.96 bits per heavy atom. The molecule has 0 bridgehead atoms. The zero-order chi connectivity index (χ0) is 17.9. The Bertz CT molecular complexity index is 872. The normalized spacial score (nSPS) is 11.1. The smallest absolute Gasteiger partial charge is 0.324 e. The molecule has 0 spiro atoms. The Labute approximate surface area is 152 Å². The minimum atomic E-state index is -4.14. The van der Waals surface area contributed by atoms with Crippen molar-refractivity contribution in [2.75, 3.05) is 18.0 Å². The number of methoxy groups -OCH3 is 1. The molecule has 0 aliphatic carbocycles. The maximum atomic E-state index is 12.9. The number of hydrogen-bond donors (Lipinski definition) is 1. The Morgan fingerprint density at radius 3 is 2.50 bits per heavy atom. The van der Waals surface area contributed by atoms with Crippen molar-refractivity contribution in [3.63, 3.8) is 0 Å². The Balaban J connectivity index is 2.58. The fraction of sp³-hybridized carbons (Fsp3) is 0.133. The molecule has 0 unspecified atom stereocenters. The quantitative estimate of drug-likeness (QED) is 0.753. The summed E-state index contributed by atoms with van der Waals surface area (Å²) in [6.07, 6.45) is 0. The fourth-order valence-corrected chi connectivity index (χ4v) is 4.45. The molecule has 6 nitrogen and oxygen atoms in total. The lowest BCUT2D eigenvalue weighted by Crippen LogP contribution is -2.36. The number of rotatable bonds is 6. The van der Waals surface area contributed by atoms with Gasteiger partial charge in [0.1, 0.15) is 12.3 Å². The van der Waals surface area contributed by atoms with Crippen molar-refractivity contribution in [1.29, 1.82) is 0 Å². The van der Waals surface area contributed by atoms with Crippen molar-refractivity contribution >= 4 is 49.2 Å². The lowest BCUT2D eigenvalue weighted by Gasteiger charge is -2.24. The Hall–Kier alpha value is -1.77. The minimum Gasteiger partial charge on any atom is -0.496 e. The fourth-order valence-electron chi connectivity index (χ4n) is 2.01. The first-order chi connectivity index (χ1) is 11.3. The molecule has 9 heteroatoms. The van der Waals surface area contributed by atoms with E-state index in [0.717, 1.165) is 4.31 Å². The molecule has 0 amide bonds. The minimum absolute atomic E-state index is 0.0867. The molecule has 24 heavy (non-hydrogen) atoms. The van der Waals surface area contributed by atoms with Gasteiger partial charge in [-0.25, -0.2) is 8.42 Å². The van der Waals surface area contributed by atoms with Gasteiger partial charge < -0.3 is 9.84 Å². The summed E-state index contributed by atoms with van der Waals surface area (Å²) in [4.78, 5) is 11.1. The second-order valence-corrected chi connectivity index (χ2v) is 7.78. The van der Waals surface area contributed by atoms with E-state index in [-0.39, 0.29) is 15.6 Å². The number of sulfonamides is 1. The molecule has 128 valence electrons. The summed E-state index contributed by atoms with van der Waals surface area (Å²) in [5.41, 5.74) is 0.0912. The van der Waals surface area contributed by atoms with E-state index in [2.05, 4.69) is 15.9 Å². The Kier molecular flexibility index (Phi) is 5.74. The van der Waals surface area contributed by atoms with Crippen LogP contribution < -0.4 is 9.04 Å². The van der Waals surface area contributed by atoms with Crippen molar-refractivity contribution in [2.24, 2.45) is 0 Å². The number of hydrogen-bond acceptors (Lipinski definition) is 4. The molecule has 0 aliphatic heterocycles. The molecule has 0 saturated carbocycles. The first-order valence-electron chi connectivity index (χ1n) is 6.60. The number of para-hydroxylation sites is 1. The standard InChI is InChI=1S/C15H13BrClNO5S/c1-23-14-7-6-10(8-11(14)16)24(21,22)18(9-15(19)20)13-5-3-2-4-12(13)17/h2-8H,9H2,1H3,(H,19,20). The number of nitrogens with zero attached hydrogens (tertiary/aromatic N) is 1. The highest BCUT2D eigenvalue weighted by molar-refractivity contribution is 9.10. The van der Waals surface area contributed by atoms with Crippen LogP contribution in [-0.2, 0) is 14.8 Å². The first kappa shape index (κ1) is 18.6. The summed E-state index contributed by atoms with van der Waals surface area (Å²) in [7, 11) is -2.68. The van der Waals surface area contributed by atoms with E-state index in [1.807, 2.05) is 0 Å². The summed E-state index contributed by atoms with van der Waals surface area (Å²) in [5.74, 6) is -0.845. The summed E-state index contributed by atoms with van der Waals surface area (Å²) < 4.78 is 32.1. The van der Waals surface area contributed by atoms with Crippen molar-refractivity contribution in [3.05, 3.63) is 52.0 Å². The van der Waals surface area contributed by atoms with Crippen LogP contribution in [0.15, 0.2) is 51.8 Å². The lowest BCUT2D eigenvalue weighted by molar-refractivity contribution is -0.135. The maximum Gasteiger partial charge on any atom is 0.324 e. The van der Waals surface area contributed by atoms with E-state index in [1.54, 1.807) is 12.1 Å². The monoisotopic (exact) mass is 433 g/mol. The number of carboxylic acid groups (broad SMARTS) is 1. The number of halogens is 2. The zero-order valence-electron chi connectivity index (χ0n) is 12.4. The molecule has 0 fully saturated rings. The highest BCUT2D eigenvalue weighted by Gasteiger charge is 2.29. The molecule has 2 rings (SSSR count). The van der Waals surface area contributed by atoms with Crippen LogP contribution in [0.3, 0.4) is 0 Å². The van der Waals surface area contributed by atoms with Gasteiger partial charge in [-0.15, -0.1) is 0 Å². The van der Waals surface area contributed by atoms with Crippen molar-refractivity contribution in [1.82, 2.24) is 0 Å². The molecule has 0 aromatic heterocycles. The SMILES string of the molecule is COc1ccc(S(=O)(=O)N(CC(=O)O)c2ccccc2Cl)cc1Br. The van der Waals surface area contributed by atoms with Gasteiger partial charge in [-0.3, -0.25) is 9.10 Å². The summed E-state index contributed by atoms with van der Waals surface area (Å²) >= 11 is 9.27. The summed E-state index contributed by atoms with van der Waals surface area (Å²) in [6, 6.07) is 10.3. The van der Waals surface area contributed by atoms with Crippen LogP contribution in [0.1, 0.15) is 0 Å². The molecule has 0 radical (unpaired) electrons. The van der Waals surface area contributed by atoms with Gasteiger partial charge in [-0.05, 0) is 46.3 Å². The number of carboxylic acids is 1. The molecule has 2 aromatic rings. The van der Waals surface area contributed by atoms with Gasteiger partial charge in [-0.2, -0.15) is 0 Å². The number of ether oxygens (including phenoxy) is 1. The van der Waals surface area contributed by atoms with Crippen LogP contribution in [0.2, 0.25) is 5.02 Å². The van der Waals surface area contributed by atoms with Crippen molar-refractivity contribution in [2.45, 2.75) is 4.90 Å². The van der Waals surface area contributed by atoms with Gasteiger partial charge in [0.2, 0.25) is 0 Å². The van der Waals surface area contributed by atoms with Crippen LogP contribution in [0.4, 0.5) is 5.69 Å². The number of anilines is 1.